The molecule has 3 heteroatoms. The van der Waals surface area contributed by atoms with Gasteiger partial charge in [-0.25, -0.2) is 0 Å². The molecular formula is C17H21NO2. The fraction of sp³-hybridized carbons (Fsp3) is 0.471. The van der Waals surface area contributed by atoms with E-state index in [1.54, 1.807) is 0 Å². The maximum Gasteiger partial charge on any atom is 0.307 e. The summed E-state index contributed by atoms with van der Waals surface area (Å²) in [6.07, 6.45) is 7.67. The molecule has 0 aliphatic heterocycles. The molecule has 3 rings (SSSR count). The molecule has 0 atom stereocenters. The van der Waals surface area contributed by atoms with Gasteiger partial charge in [0.25, 0.3) is 0 Å². The molecule has 2 N–H and O–H groups in total. The van der Waals surface area contributed by atoms with Gasteiger partial charge in [-0.15, -0.1) is 0 Å². The number of nitrogens with one attached hydrogen (secondary N) is 1. The zero-order valence-electron chi connectivity index (χ0n) is 11.7. The van der Waals surface area contributed by atoms with E-state index in [9.17, 15) is 4.79 Å². The SMILES string of the molecule is O=C(O)Cc1c(CCC2CCCC2)[nH]c2ccccc12. The Morgan fingerprint density at radius 2 is 2.00 bits per heavy atom. The molecule has 0 unspecified atom stereocenters. The van der Waals surface area contributed by atoms with Gasteiger partial charge in [-0.05, 0) is 30.4 Å². The molecule has 20 heavy (non-hydrogen) atoms. The summed E-state index contributed by atoms with van der Waals surface area (Å²) < 4.78 is 0. The van der Waals surface area contributed by atoms with Crippen LogP contribution in [0.4, 0.5) is 0 Å². The number of hydrogen-bond donors (Lipinski definition) is 2. The number of aromatic nitrogens is 1. The smallest absolute Gasteiger partial charge is 0.307 e. The van der Waals surface area contributed by atoms with Crippen molar-refractivity contribution >= 4 is 16.9 Å². The molecule has 1 aromatic heterocycles. The molecule has 3 nitrogen and oxygen atoms in total. The molecule has 0 radical (unpaired) electrons. The van der Waals surface area contributed by atoms with Crippen LogP contribution in [-0.4, -0.2) is 16.1 Å². The van der Waals surface area contributed by atoms with Gasteiger partial charge in [-0.1, -0.05) is 43.9 Å². The molecule has 1 aromatic carbocycles. The van der Waals surface area contributed by atoms with Crippen molar-refractivity contribution < 1.29 is 9.90 Å². The molecule has 1 aliphatic rings. The van der Waals surface area contributed by atoms with Crippen LogP contribution in [0.3, 0.4) is 0 Å². The van der Waals surface area contributed by atoms with Crippen LogP contribution in [0.25, 0.3) is 10.9 Å². The first kappa shape index (κ1) is 13.2. The third kappa shape index (κ3) is 2.72. The number of carboxylic acid groups (broad SMARTS) is 1. The molecular weight excluding hydrogens is 250 g/mol. The molecule has 1 fully saturated rings. The molecule has 106 valence electrons. The van der Waals surface area contributed by atoms with Gasteiger partial charge in [0.1, 0.15) is 0 Å². The van der Waals surface area contributed by atoms with Gasteiger partial charge < -0.3 is 10.1 Å². The van der Waals surface area contributed by atoms with Gasteiger partial charge in [-0.3, -0.25) is 4.79 Å². The molecule has 0 bridgehead atoms. The van der Waals surface area contributed by atoms with Crippen LogP contribution >= 0.6 is 0 Å². The van der Waals surface area contributed by atoms with Crippen molar-refractivity contribution in [1.82, 2.24) is 4.98 Å². The maximum absolute atomic E-state index is 11.1. The highest BCUT2D eigenvalue weighted by molar-refractivity contribution is 5.88. The van der Waals surface area contributed by atoms with Crippen LogP contribution in [0.1, 0.15) is 43.4 Å². The van der Waals surface area contributed by atoms with Crippen molar-refractivity contribution in [3.05, 3.63) is 35.5 Å². The van der Waals surface area contributed by atoms with Gasteiger partial charge >= 0.3 is 5.97 Å². The van der Waals surface area contributed by atoms with E-state index in [4.69, 9.17) is 5.11 Å². The number of benzene rings is 1. The molecule has 0 spiro atoms. The summed E-state index contributed by atoms with van der Waals surface area (Å²) in [6.45, 7) is 0. The number of para-hydroxylation sites is 1. The predicted octanol–water partition coefficient (Wildman–Crippen LogP) is 3.92. The summed E-state index contributed by atoms with van der Waals surface area (Å²) in [6, 6.07) is 8.01. The summed E-state index contributed by atoms with van der Waals surface area (Å²) in [5.41, 5.74) is 3.16. The van der Waals surface area contributed by atoms with Crippen molar-refractivity contribution in [1.29, 1.82) is 0 Å². The quantitative estimate of drug-likeness (QED) is 0.866. The number of rotatable bonds is 5. The summed E-state index contributed by atoms with van der Waals surface area (Å²) >= 11 is 0. The van der Waals surface area contributed by atoms with E-state index >= 15 is 0 Å². The Bertz CT molecular complexity index is 608. The Balaban J connectivity index is 1.85. The highest BCUT2D eigenvalue weighted by atomic mass is 16.4. The van der Waals surface area contributed by atoms with E-state index < -0.39 is 5.97 Å². The van der Waals surface area contributed by atoms with Gasteiger partial charge in [0.15, 0.2) is 0 Å². The van der Waals surface area contributed by atoms with E-state index in [2.05, 4.69) is 4.98 Å². The minimum atomic E-state index is -0.753. The Labute approximate surface area is 119 Å². The third-order valence-corrected chi connectivity index (χ3v) is 4.51. The van der Waals surface area contributed by atoms with E-state index in [0.717, 1.165) is 34.5 Å². The number of carboxylic acids is 1. The number of fused-ring (bicyclic) bond motifs is 1. The van der Waals surface area contributed by atoms with Crippen molar-refractivity contribution in [3.8, 4) is 0 Å². The fourth-order valence-corrected chi connectivity index (χ4v) is 3.47. The fourth-order valence-electron chi connectivity index (χ4n) is 3.47. The zero-order chi connectivity index (χ0) is 13.9. The first-order chi connectivity index (χ1) is 9.74. The van der Waals surface area contributed by atoms with Crippen LogP contribution in [-0.2, 0) is 17.6 Å². The number of aromatic amines is 1. The lowest BCUT2D eigenvalue weighted by Gasteiger charge is -2.08. The summed E-state index contributed by atoms with van der Waals surface area (Å²) in [5.74, 6) is 0.0796. The summed E-state index contributed by atoms with van der Waals surface area (Å²) in [5, 5.41) is 10.2. The molecule has 1 heterocycles. The van der Waals surface area contributed by atoms with E-state index in [0.29, 0.717) is 0 Å². The number of aliphatic carboxylic acids is 1. The second-order valence-corrected chi connectivity index (χ2v) is 5.89. The van der Waals surface area contributed by atoms with Crippen LogP contribution in [0, 0.1) is 5.92 Å². The Kier molecular flexibility index (Phi) is 3.77. The van der Waals surface area contributed by atoms with E-state index in [-0.39, 0.29) is 6.42 Å². The van der Waals surface area contributed by atoms with Crippen molar-refractivity contribution in [3.63, 3.8) is 0 Å². The second kappa shape index (κ2) is 5.70. The maximum atomic E-state index is 11.1. The number of H-pyrrole nitrogens is 1. The van der Waals surface area contributed by atoms with E-state index in [1.165, 1.54) is 32.1 Å². The standard InChI is InChI=1S/C17H21NO2/c19-17(20)11-14-13-7-3-4-8-15(13)18-16(14)10-9-12-5-1-2-6-12/h3-4,7-8,12,18H,1-2,5-6,9-11H2,(H,19,20). The van der Waals surface area contributed by atoms with Gasteiger partial charge in [0.2, 0.25) is 0 Å². The normalized spacial score (nSPS) is 16.0. The van der Waals surface area contributed by atoms with Crippen LogP contribution < -0.4 is 0 Å². The lowest BCUT2D eigenvalue weighted by Crippen LogP contribution is -2.04. The number of carbonyl (C=O) groups is 1. The highest BCUT2D eigenvalue weighted by Gasteiger charge is 2.18. The Hall–Kier alpha value is -1.77. The van der Waals surface area contributed by atoms with Crippen molar-refractivity contribution in [2.24, 2.45) is 5.92 Å². The Morgan fingerprint density at radius 3 is 2.75 bits per heavy atom. The van der Waals surface area contributed by atoms with Crippen LogP contribution in [0.15, 0.2) is 24.3 Å². The first-order valence-corrected chi connectivity index (χ1v) is 7.54. The minimum absolute atomic E-state index is 0.115. The minimum Gasteiger partial charge on any atom is -0.481 e. The van der Waals surface area contributed by atoms with E-state index in [1.807, 2.05) is 24.3 Å². The predicted molar refractivity (Wildman–Crippen MR) is 79.9 cm³/mol. The van der Waals surface area contributed by atoms with Crippen molar-refractivity contribution in [2.45, 2.75) is 44.9 Å². The molecule has 2 aromatic rings. The van der Waals surface area contributed by atoms with Crippen molar-refractivity contribution in [2.75, 3.05) is 0 Å². The lowest BCUT2D eigenvalue weighted by atomic mass is 9.98. The van der Waals surface area contributed by atoms with Gasteiger partial charge in [0.05, 0.1) is 6.42 Å². The van der Waals surface area contributed by atoms with Crippen LogP contribution in [0.5, 0.6) is 0 Å². The zero-order valence-corrected chi connectivity index (χ0v) is 11.7. The molecule has 1 saturated carbocycles. The van der Waals surface area contributed by atoms with Gasteiger partial charge in [-0.2, -0.15) is 0 Å². The van der Waals surface area contributed by atoms with Crippen LogP contribution in [0.2, 0.25) is 0 Å². The Morgan fingerprint density at radius 1 is 1.25 bits per heavy atom. The topological polar surface area (TPSA) is 53.1 Å². The third-order valence-electron chi connectivity index (χ3n) is 4.51. The summed E-state index contributed by atoms with van der Waals surface area (Å²) in [4.78, 5) is 14.5. The molecule has 0 saturated heterocycles. The lowest BCUT2D eigenvalue weighted by molar-refractivity contribution is -0.136. The first-order valence-electron chi connectivity index (χ1n) is 7.54. The molecule has 1 aliphatic carbocycles. The number of hydrogen-bond acceptors (Lipinski definition) is 1. The monoisotopic (exact) mass is 271 g/mol. The second-order valence-electron chi connectivity index (χ2n) is 5.89. The largest absolute Gasteiger partial charge is 0.481 e. The number of aryl methyl sites for hydroxylation is 1. The summed E-state index contributed by atoms with van der Waals surface area (Å²) in [7, 11) is 0. The van der Waals surface area contributed by atoms with Gasteiger partial charge in [0, 0.05) is 16.6 Å². The average molecular weight is 271 g/mol. The highest BCUT2D eigenvalue weighted by Crippen LogP contribution is 2.30. The molecule has 0 amide bonds. The average Bonchev–Trinajstić information content (AvgIpc) is 3.04.